The number of halogens is 1. The van der Waals surface area contributed by atoms with Crippen molar-refractivity contribution in [2.45, 2.75) is 4.90 Å². The topological polar surface area (TPSA) is 106 Å². The Morgan fingerprint density at radius 2 is 1.50 bits per heavy atom. The fourth-order valence-corrected chi connectivity index (χ4v) is 5.63. The number of methoxy groups -OCH3 is 2. The molecule has 0 aliphatic carbocycles. The molecule has 46 heavy (non-hydrogen) atoms. The molecule has 232 valence electrons. The summed E-state index contributed by atoms with van der Waals surface area (Å²) < 4.78 is 10.6. The molecular weight excluding hydrogens is 622 g/mol. The number of nitrogens with one attached hydrogen (secondary N) is 3. The molecule has 10 heteroatoms. The maximum absolute atomic E-state index is 13.6. The van der Waals surface area contributed by atoms with Crippen LogP contribution >= 0.6 is 23.4 Å². The lowest BCUT2D eigenvalue weighted by Crippen LogP contribution is -2.30. The second kappa shape index (κ2) is 15.2. The third kappa shape index (κ3) is 8.06. The van der Waals surface area contributed by atoms with Crippen LogP contribution in [0.3, 0.4) is 0 Å². The highest BCUT2D eigenvalue weighted by atomic mass is 35.5. The number of carbonyl (C=O) groups is 3. The van der Waals surface area contributed by atoms with Crippen molar-refractivity contribution in [1.82, 2.24) is 5.32 Å². The monoisotopic (exact) mass is 651 g/mol. The van der Waals surface area contributed by atoms with Crippen LogP contribution in [0.4, 0.5) is 11.4 Å². The molecule has 0 heterocycles. The largest absolute Gasteiger partial charge is 0.495 e. The number of carbonyl (C=O) groups excluding carboxylic acids is 3. The van der Waals surface area contributed by atoms with Crippen LogP contribution in [0.1, 0.15) is 15.9 Å². The average Bonchev–Trinajstić information content (AvgIpc) is 3.08. The number of thioether (sulfide) groups is 1. The minimum atomic E-state index is -0.499. The predicted octanol–water partition coefficient (Wildman–Crippen LogP) is 7.65. The molecule has 8 nitrogen and oxygen atoms in total. The number of rotatable bonds is 11. The molecule has 0 saturated carbocycles. The van der Waals surface area contributed by atoms with Gasteiger partial charge < -0.3 is 25.4 Å². The molecule has 0 bridgehead atoms. The number of ether oxygens (including phenoxy) is 2. The van der Waals surface area contributed by atoms with Gasteiger partial charge in [0.15, 0.2) is 0 Å². The molecule has 0 atom stereocenters. The van der Waals surface area contributed by atoms with Crippen molar-refractivity contribution in [2.24, 2.45) is 0 Å². The Balaban J connectivity index is 1.31. The summed E-state index contributed by atoms with van der Waals surface area (Å²) in [5.74, 6) is -0.254. The van der Waals surface area contributed by atoms with Gasteiger partial charge in [-0.25, -0.2) is 0 Å². The molecule has 0 fully saturated rings. The highest BCUT2D eigenvalue weighted by molar-refractivity contribution is 8.00. The summed E-state index contributed by atoms with van der Waals surface area (Å²) >= 11 is 7.52. The van der Waals surface area contributed by atoms with Crippen LogP contribution in [0.25, 0.3) is 16.8 Å². The molecule has 0 radical (unpaired) electrons. The molecule has 0 spiro atoms. The van der Waals surface area contributed by atoms with E-state index in [0.29, 0.717) is 33.5 Å². The molecule has 0 aliphatic rings. The fraction of sp³-hybridized carbons (Fsp3) is 0.0833. The molecular formula is C36H30ClN3O5S. The quantitative estimate of drug-likeness (QED) is 0.100. The van der Waals surface area contributed by atoms with Gasteiger partial charge in [-0.3, -0.25) is 14.4 Å². The molecule has 5 rings (SSSR count). The number of hydrogen-bond acceptors (Lipinski definition) is 6. The summed E-state index contributed by atoms with van der Waals surface area (Å²) in [5, 5.41) is 10.8. The van der Waals surface area contributed by atoms with E-state index >= 15 is 0 Å². The fourth-order valence-electron chi connectivity index (χ4n) is 4.63. The standard InChI is InChI=1S/C36H30ClN3O5S/c1-44-32-21-33(45-2)30(20-29(32)37)39-34(41)22-46-27-16-9-15-26(19-27)38-36(43)31(40-35(42)24-11-4-3-5-12-24)18-25-14-8-13-23-10-6-7-17-28(23)25/h3-21H,22H2,1-2H3,(H,38,43)(H,39,41)(H,40,42)/b31-18+. The number of hydrogen-bond donors (Lipinski definition) is 3. The summed E-state index contributed by atoms with van der Waals surface area (Å²) in [7, 11) is 2.98. The Kier molecular flexibility index (Phi) is 10.6. The van der Waals surface area contributed by atoms with Gasteiger partial charge in [-0.1, -0.05) is 78.3 Å². The average molecular weight is 652 g/mol. The zero-order chi connectivity index (χ0) is 32.5. The Morgan fingerprint density at radius 3 is 2.28 bits per heavy atom. The van der Waals surface area contributed by atoms with Gasteiger partial charge >= 0.3 is 0 Å². The number of fused-ring (bicyclic) bond motifs is 1. The summed E-state index contributed by atoms with van der Waals surface area (Å²) in [6.07, 6.45) is 1.67. The lowest BCUT2D eigenvalue weighted by molar-refractivity contribution is -0.114. The van der Waals surface area contributed by atoms with Gasteiger partial charge in [0, 0.05) is 22.2 Å². The van der Waals surface area contributed by atoms with Crippen LogP contribution in [0, 0.1) is 0 Å². The van der Waals surface area contributed by atoms with Crippen molar-refractivity contribution in [1.29, 1.82) is 0 Å². The third-order valence-electron chi connectivity index (χ3n) is 6.86. The zero-order valence-electron chi connectivity index (χ0n) is 25.0. The van der Waals surface area contributed by atoms with Gasteiger partial charge in [0.05, 0.1) is 30.7 Å². The lowest BCUT2D eigenvalue weighted by Gasteiger charge is -2.14. The van der Waals surface area contributed by atoms with Crippen molar-refractivity contribution in [2.75, 3.05) is 30.6 Å². The second-order valence-corrected chi connectivity index (χ2v) is 11.4. The number of amides is 3. The molecule has 0 saturated heterocycles. The van der Waals surface area contributed by atoms with E-state index in [2.05, 4.69) is 16.0 Å². The molecule has 0 aliphatic heterocycles. The molecule has 3 amide bonds. The van der Waals surface area contributed by atoms with Crippen LogP contribution in [-0.4, -0.2) is 37.7 Å². The van der Waals surface area contributed by atoms with E-state index in [9.17, 15) is 14.4 Å². The van der Waals surface area contributed by atoms with E-state index in [0.717, 1.165) is 21.2 Å². The van der Waals surface area contributed by atoms with Gasteiger partial charge in [0.25, 0.3) is 11.8 Å². The molecule has 5 aromatic carbocycles. The van der Waals surface area contributed by atoms with Crippen LogP contribution in [-0.2, 0) is 9.59 Å². The first kappa shape index (κ1) is 32.2. The van der Waals surface area contributed by atoms with Crippen molar-refractivity contribution in [3.05, 3.63) is 131 Å². The van der Waals surface area contributed by atoms with Crippen molar-refractivity contribution in [3.63, 3.8) is 0 Å². The summed E-state index contributed by atoms with van der Waals surface area (Å²) in [5.41, 5.74) is 2.20. The van der Waals surface area contributed by atoms with E-state index in [1.165, 1.54) is 26.0 Å². The van der Waals surface area contributed by atoms with Gasteiger partial charge in [-0.15, -0.1) is 11.8 Å². The molecule has 3 N–H and O–H groups in total. The van der Waals surface area contributed by atoms with Gasteiger partial charge in [-0.2, -0.15) is 0 Å². The molecule has 5 aromatic rings. The van der Waals surface area contributed by atoms with Crippen LogP contribution in [0.2, 0.25) is 5.02 Å². The maximum Gasteiger partial charge on any atom is 0.272 e. The van der Waals surface area contributed by atoms with Crippen molar-refractivity contribution in [3.8, 4) is 11.5 Å². The maximum atomic E-state index is 13.6. The van der Waals surface area contributed by atoms with Crippen molar-refractivity contribution >= 4 is 69.3 Å². The minimum absolute atomic E-state index is 0.0785. The molecule has 0 aromatic heterocycles. The summed E-state index contributed by atoms with van der Waals surface area (Å²) in [4.78, 5) is 40.3. The van der Waals surface area contributed by atoms with E-state index in [4.69, 9.17) is 21.1 Å². The van der Waals surface area contributed by atoms with Crippen molar-refractivity contribution < 1.29 is 23.9 Å². The van der Waals surface area contributed by atoms with Gasteiger partial charge in [0.2, 0.25) is 5.91 Å². The van der Waals surface area contributed by atoms with E-state index in [-0.39, 0.29) is 17.4 Å². The van der Waals surface area contributed by atoms with Gasteiger partial charge in [0.1, 0.15) is 17.2 Å². The smallest absolute Gasteiger partial charge is 0.272 e. The number of benzene rings is 5. The SMILES string of the molecule is COc1cc(OC)c(NC(=O)CSc2cccc(NC(=O)/C(=C\c3cccc4ccccc34)NC(=O)c3ccccc3)c2)cc1Cl. The van der Waals surface area contributed by atoms with E-state index in [1.54, 1.807) is 60.7 Å². The van der Waals surface area contributed by atoms with Gasteiger partial charge in [-0.05, 0) is 58.8 Å². The Labute approximate surface area is 275 Å². The van der Waals surface area contributed by atoms with Crippen LogP contribution in [0.5, 0.6) is 11.5 Å². The highest BCUT2D eigenvalue weighted by Crippen LogP contribution is 2.36. The highest BCUT2D eigenvalue weighted by Gasteiger charge is 2.17. The first-order valence-corrected chi connectivity index (χ1v) is 15.5. The lowest BCUT2D eigenvalue weighted by atomic mass is 10.0. The third-order valence-corrected chi connectivity index (χ3v) is 8.15. The molecule has 0 unspecified atom stereocenters. The summed E-state index contributed by atoms with van der Waals surface area (Å²) in [6, 6.07) is 32.6. The first-order valence-electron chi connectivity index (χ1n) is 14.2. The summed E-state index contributed by atoms with van der Waals surface area (Å²) in [6.45, 7) is 0. The Morgan fingerprint density at radius 1 is 0.783 bits per heavy atom. The van der Waals surface area contributed by atoms with Crippen LogP contribution in [0.15, 0.2) is 120 Å². The Bertz CT molecular complexity index is 1930. The minimum Gasteiger partial charge on any atom is -0.495 e. The Hall–Kier alpha value is -5.25. The number of anilines is 2. The first-order chi connectivity index (χ1) is 22.3. The zero-order valence-corrected chi connectivity index (χ0v) is 26.6. The normalized spacial score (nSPS) is 11.1. The second-order valence-electron chi connectivity index (χ2n) is 9.95. The predicted molar refractivity (Wildman–Crippen MR) is 185 cm³/mol. The van der Waals surface area contributed by atoms with E-state index in [1.807, 2.05) is 54.6 Å². The van der Waals surface area contributed by atoms with Crippen LogP contribution < -0.4 is 25.4 Å². The van der Waals surface area contributed by atoms with E-state index < -0.39 is 11.8 Å².